The van der Waals surface area contributed by atoms with Crippen LogP contribution in [0, 0.1) is 10.7 Å². The fourth-order valence-corrected chi connectivity index (χ4v) is 4.37. The lowest BCUT2D eigenvalue weighted by atomic mass is 10.6. The van der Waals surface area contributed by atoms with E-state index in [1.165, 1.54) is 11.8 Å². The van der Waals surface area contributed by atoms with E-state index in [1.807, 2.05) is 19.2 Å². The number of thioether (sulfide) groups is 1. The van der Waals surface area contributed by atoms with Gasteiger partial charge in [0, 0.05) is 31.6 Å². The largest absolute Gasteiger partial charge is 0.500 e. The van der Waals surface area contributed by atoms with Crippen molar-refractivity contribution < 1.29 is 13.3 Å². The molecule has 0 spiro atoms. The van der Waals surface area contributed by atoms with Crippen LogP contribution in [0.1, 0.15) is 27.2 Å². The van der Waals surface area contributed by atoms with Gasteiger partial charge in [0.1, 0.15) is 5.40 Å². The van der Waals surface area contributed by atoms with E-state index in [4.69, 9.17) is 18.5 Å². The topological polar surface area (TPSA) is 51.5 Å². The number of nitriles is 1. The van der Waals surface area contributed by atoms with Crippen LogP contribution in [-0.4, -0.2) is 34.4 Å². The Morgan fingerprint density at radius 1 is 1.12 bits per heavy atom. The second kappa shape index (κ2) is 10.1. The van der Waals surface area contributed by atoms with Gasteiger partial charge in [0.05, 0.1) is 0 Å². The van der Waals surface area contributed by atoms with Gasteiger partial charge in [-0.1, -0.05) is 13.3 Å². The number of nitrogens with zero attached hydrogens (tertiary/aromatic N) is 1. The van der Waals surface area contributed by atoms with Gasteiger partial charge in [0.2, 0.25) is 0 Å². The minimum absolute atomic E-state index is 0.518. The van der Waals surface area contributed by atoms with E-state index < -0.39 is 8.80 Å². The normalized spacial score (nSPS) is 11.4. The Morgan fingerprint density at radius 3 is 2.19 bits per heavy atom. The Labute approximate surface area is 104 Å². The first-order valence-corrected chi connectivity index (χ1v) is 8.59. The van der Waals surface area contributed by atoms with Gasteiger partial charge in [-0.2, -0.15) is 5.26 Å². The quantitative estimate of drug-likeness (QED) is 0.344. The van der Waals surface area contributed by atoms with Gasteiger partial charge in [-0.15, -0.1) is 0 Å². The Hall–Kier alpha value is -0.0631. The minimum atomic E-state index is -2.47. The summed E-state index contributed by atoms with van der Waals surface area (Å²) in [5.41, 5.74) is 0. The van der Waals surface area contributed by atoms with Crippen molar-refractivity contribution in [1.82, 2.24) is 0 Å². The molecule has 0 aromatic heterocycles. The van der Waals surface area contributed by atoms with E-state index >= 15 is 0 Å². The first-order valence-electron chi connectivity index (χ1n) is 5.67. The highest BCUT2D eigenvalue weighted by Gasteiger charge is 2.39. The van der Waals surface area contributed by atoms with Crippen molar-refractivity contribution in [3.8, 4) is 5.40 Å². The van der Waals surface area contributed by atoms with Crippen LogP contribution in [0.4, 0.5) is 0 Å². The zero-order valence-electron chi connectivity index (χ0n) is 10.3. The molecule has 0 bridgehead atoms. The average molecular weight is 263 g/mol. The maximum Gasteiger partial charge on any atom is 0.500 e. The molecule has 0 fully saturated rings. The average Bonchev–Trinajstić information content (AvgIpc) is 2.26. The Balaban J connectivity index is 4.18. The summed E-state index contributed by atoms with van der Waals surface area (Å²) >= 11 is 1.19. The molecule has 0 unspecified atom stereocenters. The number of hydrogen-bond acceptors (Lipinski definition) is 5. The molecule has 0 saturated carbocycles. The Bertz CT molecular complexity index is 194. The first kappa shape index (κ1) is 15.9. The van der Waals surface area contributed by atoms with E-state index in [-0.39, 0.29) is 0 Å². The Morgan fingerprint density at radius 2 is 1.75 bits per heavy atom. The van der Waals surface area contributed by atoms with Crippen LogP contribution in [0.2, 0.25) is 6.04 Å². The van der Waals surface area contributed by atoms with Gasteiger partial charge in [-0.3, -0.25) is 0 Å². The summed E-state index contributed by atoms with van der Waals surface area (Å²) in [5, 5.41) is 10.4. The second-order valence-electron chi connectivity index (χ2n) is 3.09. The molecule has 0 rings (SSSR count). The van der Waals surface area contributed by atoms with E-state index in [0.29, 0.717) is 25.6 Å². The maximum absolute atomic E-state index is 8.41. The zero-order chi connectivity index (χ0) is 12.3. The van der Waals surface area contributed by atoms with Crippen LogP contribution in [-0.2, 0) is 13.3 Å². The molecule has 0 amide bonds. The third-order valence-corrected chi connectivity index (χ3v) is 5.57. The van der Waals surface area contributed by atoms with E-state index in [2.05, 4.69) is 6.92 Å². The maximum atomic E-state index is 8.41. The fraction of sp³-hybridized carbons (Fsp3) is 0.900. The number of hydrogen-bond donors (Lipinski definition) is 0. The van der Waals surface area contributed by atoms with Gasteiger partial charge < -0.3 is 13.3 Å². The number of thiocyanates is 1. The molecule has 0 radical (unpaired) electrons. The van der Waals surface area contributed by atoms with Crippen molar-refractivity contribution in [2.75, 3.05) is 25.6 Å². The molecule has 0 N–H and O–H groups in total. The van der Waals surface area contributed by atoms with Crippen LogP contribution in [0.15, 0.2) is 0 Å². The highest BCUT2D eigenvalue weighted by Crippen LogP contribution is 2.18. The predicted octanol–water partition coefficient (Wildman–Crippen LogP) is 2.64. The smallest absolute Gasteiger partial charge is 0.374 e. The molecule has 0 aliphatic heterocycles. The molecule has 6 heteroatoms. The van der Waals surface area contributed by atoms with Crippen molar-refractivity contribution in [3.63, 3.8) is 0 Å². The van der Waals surface area contributed by atoms with Crippen molar-refractivity contribution in [3.05, 3.63) is 0 Å². The lowest BCUT2D eigenvalue weighted by Gasteiger charge is -2.28. The molecule has 0 atom stereocenters. The molecule has 0 aliphatic carbocycles. The highest BCUT2D eigenvalue weighted by atomic mass is 32.2. The minimum Gasteiger partial charge on any atom is -0.374 e. The SMILES string of the molecule is CCC[Si](OCC)(OCC)OCCSC#N. The summed E-state index contributed by atoms with van der Waals surface area (Å²) in [5.74, 6) is 0.662. The standard InChI is InChI=1S/C10H21NO3SSi/c1-4-9-16(12-5-2,13-6-3)14-7-8-15-10-11/h4-9H2,1-3H3. The van der Waals surface area contributed by atoms with Crippen LogP contribution in [0.3, 0.4) is 0 Å². The van der Waals surface area contributed by atoms with Crippen LogP contribution in [0.5, 0.6) is 0 Å². The van der Waals surface area contributed by atoms with E-state index in [9.17, 15) is 0 Å². The van der Waals surface area contributed by atoms with Crippen LogP contribution < -0.4 is 0 Å². The third-order valence-electron chi connectivity index (χ3n) is 1.86. The van der Waals surface area contributed by atoms with Gasteiger partial charge >= 0.3 is 8.80 Å². The zero-order valence-corrected chi connectivity index (χ0v) is 12.1. The first-order chi connectivity index (χ1) is 7.74. The van der Waals surface area contributed by atoms with Crippen LogP contribution >= 0.6 is 11.8 Å². The summed E-state index contributed by atoms with van der Waals surface area (Å²) < 4.78 is 17.2. The molecule has 0 saturated heterocycles. The van der Waals surface area contributed by atoms with Crippen molar-refractivity contribution in [1.29, 1.82) is 5.26 Å². The summed E-state index contributed by atoms with van der Waals surface area (Å²) in [4.78, 5) is 0. The summed E-state index contributed by atoms with van der Waals surface area (Å²) in [6.07, 6.45) is 0.984. The third kappa shape index (κ3) is 6.50. The van der Waals surface area contributed by atoms with Crippen molar-refractivity contribution in [2.45, 2.75) is 33.2 Å². The molecule has 94 valence electrons. The summed E-state index contributed by atoms with van der Waals surface area (Å²) in [7, 11) is -2.47. The lowest BCUT2D eigenvalue weighted by molar-refractivity contribution is 0.0720. The molecule has 0 heterocycles. The number of rotatable bonds is 10. The monoisotopic (exact) mass is 263 g/mol. The van der Waals surface area contributed by atoms with Gasteiger partial charge in [-0.05, 0) is 25.6 Å². The molecular formula is C10H21NO3SSi. The lowest BCUT2D eigenvalue weighted by Crippen LogP contribution is -2.46. The second-order valence-corrected chi connectivity index (χ2v) is 6.70. The molecular weight excluding hydrogens is 242 g/mol. The summed E-state index contributed by atoms with van der Waals surface area (Å²) in [6.45, 7) is 7.72. The fourth-order valence-electron chi connectivity index (χ4n) is 1.37. The van der Waals surface area contributed by atoms with Crippen LogP contribution in [0.25, 0.3) is 0 Å². The van der Waals surface area contributed by atoms with Crippen molar-refractivity contribution in [2.24, 2.45) is 0 Å². The van der Waals surface area contributed by atoms with E-state index in [1.54, 1.807) is 0 Å². The highest BCUT2D eigenvalue weighted by molar-refractivity contribution is 8.03. The van der Waals surface area contributed by atoms with Crippen molar-refractivity contribution >= 4 is 20.6 Å². The Kier molecular flexibility index (Phi) is 10.1. The molecule has 4 nitrogen and oxygen atoms in total. The van der Waals surface area contributed by atoms with Gasteiger partial charge in [-0.25, -0.2) is 0 Å². The predicted molar refractivity (Wildman–Crippen MR) is 68.1 cm³/mol. The molecule has 0 aromatic carbocycles. The summed E-state index contributed by atoms with van der Waals surface area (Å²) in [6, 6.07) is 0.839. The van der Waals surface area contributed by atoms with E-state index in [0.717, 1.165) is 12.5 Å². The molecule has 16 heavy (non-hydrogen) atoms. The van der Waals surface area contributed by atoms with Gasteiger partial charge in [0.15, 0.2) is 0 Å². The molecule has 0 aliphatic rings. The molecule has 0 aromatic rings. The van der Waals surface area contributed by atoms with Gasteiger partial charge in [0.25, 0.3) is 0 Å².